The quantitative estimate of drug-likeness (QED) is 0.403. The van der Waals surface area contributed by atoms with Crippen molar-refractivity contribution in [2.24, 2.45) is 0 Å². The Hall–Kier alpha value is -1.07. The van der Waals surface area contributed by atoms with Gasteiger partial charge in [0.15, 0.2) is 0 Å². The highest BCUT2D eigenvalue weighted by atomic mass is 35.5. The van der Waals surface area contributed by atoms with Gasteiger partial charge in [-0.15, -0.1) is 6.42 Å². The Labute approximate surface area is 200 Å². The van der Waals surface area contributed by atoms with Gasteiger partial charge in [-0.1, -0.05) is 64.5 Å². The normalized spacial score (nSPS) is 25.5. The van der Waals surface area contributed by atoms with Crippen molar-refractivity contribution in [2.75, 3.05) is 13.7 Å². The number of hydrogen-bond acceptors (Lipinski definition) is 4. The van der Waals surface area contributed by atoms with E-state index in [9.17, 15) is 0 Å². The third-order valence-corrected chi connectivity index (χ3v) is 5.99. The molecule has 166 valence electrons. The standard InChI is InChI=1S/C22H19Cl4FO4/c1-3-22(27)20(30-11-14-5-7-16(24)9-18(14)26)19(31-21(22)28-2)12-29-10-13-4-6-15(23)8-17(13)25/h1,4-9,19-21H,10-12H2,2H3/t19-,20-,21+,22+/m1/s1. The molecule has 0 unspecified atom stereocenters. The molecule has 3 rings (SSSR count). The summed E-state index contributed by atoms with van der Waals surface area (Å²) in [6, 6.07) is 9.99. The average Bonchev–Trinajstić information content (AvgIpc) is 3.00. The molecule has 0 aliphatic carbocycles. The minimum absolute atomic E-state index is 0.00662. The van der Waals surface area contributed by atoms with Crippen LogP contribution in [0.4, 0.5) is 4.39 Å². The molecule has 0 radical (unpaired) electrons. The number of rotatable bonds is 8. The first kappa shape index (κ1) is 24.6. The third-order valence-electron chi connectivity index (χ3n) is 4.82. The molecule has 4 atom stereocenters. The highest BCUT2D eigenvalue weighted by molar-refractivity contribution is 6.35. The fourth-order valence-electron chi connectivity index (χ4n) is 3.21. The molecule has 0 bridgehead atoms. The van der Waals surface area contributed by atoms with Crippen LogP contribution in [0.25, 0.3) is 0 Å². The number of ether oxygens (including phenoxy) is 4. The number of hydrogen-bond donors (Lipinski definition) is 0. The van der Waals surface area contributed by atoms with Gasteiger partial charge in [-0.25, -0.2) is 4.39 Å². The molecule has 1 fully saturated rings. The summed E-state index contributed by atoms with van der Waals surface area (Å²) in [6.45, 7) is 0.150. The van der Waals surface area contributed by atoms with Crippen LogP contribution >= 0.6 is 46.4 Å². The number of methoxy groups -OCH3 is 1. The Morgan fingerprint density at radius 1 is 1.03 bits per heavy atom. The molecular formula is C22H19Cl4FO4. The molecule has 9 heteroatoms. The van der Waals surface area contributed by atoms with Crippen LogP contribution in [-0.4, -0.2) is 37.9 Å². The fourth-order valence-corrected chi connectivity index (χ4v) is 4.13. The van der Waals surface area contributed by atoms with Crippen LogP contribution in [0.2, 0.25) is 20.1 Å². The van der Waals surface area contributed by atoms with Gasteiger partial charge < -0.3 is 18.9 Å². The van der Waals surface area contributed by atoms with Crippen LogP contribution in [0.5, 0.6) is 0 Å². The van der Waals surface area contributed by atoms with Crippen LogP contribution in [0, 0.1) is 12.3 Å². The molecule has 0 aromatic heterocycles. The first-order valence-corrected chi connectivity index (χ1v) is 10.7. The molecule has 2 aromatic carbocycles. The van der Waals surface area contributed by atoms with E-state index in [1.807, 2.05) is 0 Å². The maximum Gasteiger partial charge on any atom is 0.249 e. The van der Waals surface area contributed by atoms with Gasteiger partial charge in [-0.05, 0) is 35.4 Å². The van der Waals surface area contributed by atoms with Gasteiger partial charge >= 0.3 is 0 Å². The minimum Gasteiger partial charge on any atom is -0.374 e. The zero-order valence-corrected chi connectivity index (χ0v) is 19.4. The lowest BCUT2D eigenvalue weighted by atomic mass is 9.98. The zero-order valence-electron chi connectivity index (χ0n) is 16.4. The van der Waals surface area contributed by atoms with Crippen molar-refractivity contribution in [1.29, 1.82) is 0 Å². The zero-order chi connectivity index (χ0) is 22.6. The number of benzene rings is 2. The van der Waals surface area contributed by atoms with Crippen LogP contribution in [0.1, 0.15) is 11.1 Å². The maximum absolute atomic E-state index is 15.6. The van der Waals surface area contributed by atoms with Crippen molar-refractivity contribution in [2.45, 2.75) is 37.4 Å². The van der Waals surface area contributed by atoms with E-state index < -0.39 is 24.2 Å². The number of alkyl halides is 1. The van der Waals surface area contributed by atoms with Crippen molar-refractivity contribution in [3.05, 3.63) is 67.6 Å². The van der Waals surface area contributed by atoms with Crippen LogP contribution in [-0.2, 0) is 32.2 Å². The van der Waals surface area contributed by atoms with Gasteiger partial charge in [-0.3, -0.25) is 0 Å². The highest BCUT2D eigenvalue weighted by Crippen LogP contribution is 2.38. The molecule has 0 N–H and O–H groups in total. The monoisotopic (exact) mass is 506 g/mol. The molecule has 0 amide bonds. The fraction of sp³-hybridized carbons (Fsp3) is 0.364. The van der Waals surface area contributed by atoms with Crippen LogP contribution in [0.15, 0.2) is 36.4 Å². The predicted octanol–water partition coefficient (Wildman–Crippen LogP) is 6.12. The lowest BCUT2D eigenvalue weighted by molar-refractivity contribution is -0.158. The second-order valence-electron chi connectivity index (χ2n) is 6.87. The average molecular weight is 508 g/mol. The molecule has 1 heterocycles. The van der Waals surface area contributed by atoms with E-state index in [0.29, 0.717) is 25.7 Å². The van der Waals surface area contributed by atoms with Gasteiger partial charge in [0.25, 0.3) is 0 Å². The summed E-state index contributed by atoms with van der Waals surface area (Å²) in [5.41, 5.74) is -0.972. The molecule has 0 spiro atoms. The van der Waals surface area contributed by atoms with E-state index in [4.69, 9.17) is 71.8 Å². The Kier molecular flexibility index (Phi) is 8.48. The Morgan fingerprint density at radius 3 is 2.13 bits per heavy atom. The van der Waals surface area contributed by atoms with E-state index in [2.05, 4.69) is 5.92 Å². The van der Waals surface area contributed by atoms with E-state index in [1.54, 1.807) is 36.4 Å². The van der Waals surface area contributed by atoms with Crippen molar-refractivity contribution in [1.82, 2.24) is 0 Å². The van der Waals surface area contributed by atoms with Crippen molar-refractivity contribution < 1.29 is 23.3 Å². The van der Waals surface area contributed by atoms with Gasteiger partial charge in [0.2, 0.25) is 12.0 Å². The molecule has 31 heavy (non-hydrogen) atoms. The number of terminal acetylenes is 1. The van der Waals surface area contributed by atoms with Crippen molar-refractivity contribution >= 4 is 46.4 Å². The van der Waals surface area contributed by atoms with E-state index in [1.165, 1.54) is 7.11 Å². The van der Waals surface area contributed by atoms with Gasteiger partial charge in [0.05, 0.1) is 19.8 Å². The molecule has 1 aliphatic rings. The third kappa shape index (κ3) is 5.65. The predicted molar refractivity (Wildman–Crippen MR) is 119 cm³/mol. The molecule has 1 aliphatic heterocycles. The first-order valence-electron chi connectivity index (χ1n) is 9.20. The Morgan fingerprint density at radius 2 is 1.61 bits per heavy atom. The largest absolute Gasteiger partial charge is 0.374 e. The molecule has 0 saturated carbocycles. The highest BCUT2D eigenvalue weighted by Gasteiger charge is 2.58. The molecule has 2 aromatic rings. The SMILES string of the molecule is C#C[C@@]1(F)[C@@H](OC)O[C@H](COCc2ccc(Cl)cc2Cl)[C@H]1OCc1ccc(Cl)cc1Cl. The van der Waals surface area contributed by atoms with Crippen molar-refractivity contribution in [3.8, 4) is 12.3 Å². The molecule has 4 nitrogen and oxygen atoms in total. The lowest BCUT2D eigenvalue weighted by Crippen LogP contribution is -2.46. The maximum atomic E-state index is 15.6. The summed E-state index contributed by atoms with van der Waals surface area (Å²) in [6.07, 6.45) is 2.18. The summed E-state index contributed by atoms with van der Waals surface area (Å²) in [5.74, 6) is 2.12. The van der Waals surface area contributed by atoms with Crippen LogP contribution < -0.4 is 0 Å². The summed E-state index contributed by atoms with van der Waals surface area (Å²) < 4.78 is 37.9. The lowest BCUT2D eigenvalue weighted by Gasteiger charge is -2.26. The topological polar surface area (TPSA) is 36.9 Å². The number of halogens is 5. The second kappa shape index (κ2) is 10.7. The Bertz CT molecular complexity index is 967. The summed E-state index contributed by atoms with van der Waals surface area (Å²) in [5, 5.41) is 1.85. The van der Waals surface area contributed by atoms with Gasteiger partial charge in [0.1, 0.15) is 12.2 Å². The van der Waals surface area contributed by atoms with E-state index in [-0.39, 0.29) is 19.8 Å². The minimum atomic E-state index is -2.32. The van der Waals surface area contributed by atoms with Gasteiger partial charge in [-0.2, -0.15) is 0 Å². The smallest absolute Gasteiger partial charge is 0.249 e. The van der Waals surface area contributed by atoms with E-state index >= 15 is 4.39 Å². The summed E-state index contributed by atoms with van der Waals surface area (Å²) >= 11 is 24.2. The Balaban J connectivity index is 1.71. The summed E-state index contributed by atoms with van der Waals surface area (Å²) in [7, 11) is 1.31. The molecular weight excluding hydrogens is 489 g/mol. The van der Waals surface area contributed by atoms with Crippen LogP contribution in [0.3, 0.4) is 0 Å². The first-order chi connectivity index (χ1) is 14.8. The summed E-state index contributed by atoms with van der Waals surface area (Å²) in [4.78, 5) is 0. The van der Waals surface area contributed by atoms with E-state index in [0.717, 1.165) is 5.56 Å². The van der Waals surface area contributed by atoms with Crippen molar-refractivity contribution in [3.63, 3.8) is 0 Å². The van der Waals surface area contributed by atoms with Gasteiger partial charge in [0, 0.05) is 27.2 Å². The second-order valence-corrected chi connectivity index (χ2v) is 8.56. The molecule has 1 saturated heterocycles.